The zero-order valence-corrected chi connectivity index (χ0v) is 11.9. The van der Waals surface area contributed by atoms with Gasteiger partial charge in [0.1, 0.15) is 5.75 Å². The summed E-state index contributed by atoms with van der Waals surface area (Å²) in [4.78, 5) is 0. The van der Waals surface area contributed by atoms with Gasteiger partial charge in [-0.2, -0.15) is 0 Å². The predicted octanol–water partition coefficient (Wildman–Crippen LogP) is 3.52. The number of rotatable bonds is 2. The third-order valence-electron chi connectivity index (χ3n) is 4.14. The minimum atomic E-state index is 0.306. The number of fused-ring (bicyclic) bond motifs is 2. The molecule has 2 aliphatic rings. The lowest BCUT2D eigenvalue weighted by Crippen LogP contribution is -2.18. The molecule has 0 amide bonds. The van der Waals surface area contributed by atoms with Crippen molar-refractivity contribution in [1.29, 1.82) is 0 Å². The first-order valence-corrected chi connectivity index (χ1v) is 7.16. The van der Waals surface area contributed by atoms with Crippen LogP contribution in [0.25, 0.3) is 0 Å². The number of aryl methyl sites for hydroxylation is 1. The van der Waals surface area contributed by atoms with Crippen LogP contribution in [0.2, 0.25) is 0 Å². The van der Waals surface area contributed by atoms with Crippen LogP contribution in [0.3, 0.4) is 0 Å². The molecule has 4 nitrogen and oxygen atoms in total. The van der Waals surface area contributed by atoms with Crippen molar-refractivity contribution in [2.24, 2.45) is 0 Å². The first kappa shape index (κ1) is 12.4. The molecule has 2 heterocycles. The fraction of sp³-hybridized carbons (Fsp3) is 0.294. The largest absolute Gasteiger partial charge is 0.497 e. The SMILES string of the molecule is COc1ccc2c(c1)CCC(c1ccc3c(c1)OCO3)N2. The van der Waals surface area contributed by atoms with E-state index in [9.17, 15) is 0 Å². The average Bonchev–Trinajstić information content (AvgIpc) is 3.01. The molecule has 0 fully saturated rings. The van der Waals surface area contributed by atoms with Crippen molar-refractivity contribution in [2.75, 3.05) is 19.2 Å². The average molecular weight is 283 g/mol. The molecule has 1 atom stereocenters. The van der Waals surface area contributed by atoms with Gasteiger partial charge in [-0.3, -0.25) is 0 Å². The molecule has 2 aliphatic heterocycles. The highest BCUT2D eigenvalue weighted by molar-refractivity contribution is 5.58. The van der Waals surface area contributed by atoms with Gasteiger partial charge in [-0.05, 0) is 54.3 Å². The lowest BCUT2D eigenvalue weighted by molar-refractivity contribution is 0.174. The van der Waals surface area contributed by atoms with E-state index >= 15 is 0 Å². The Balaban J connectivity index is 1.60. The Morgan fingerprint density at radius 2 is 2.00 bits per heavy atom. The minimum absolute atomic E-state index is 0.306. The Morgan fingerprint density at radius 3 is 2.90 bits per heavy atom. The number of nitrogens with one attached hydrogen (secondary N) is 1. The summed E-state index contributed by atoms with van der Waals surface area (Å²) in [6.45, 7) is 0.319. The molecule has 0 aromatic heterocycles. The summed E-state index contributed by atoms with van der Waals surface area (Å²) in [5.74, 6) is 2.59. The summed E-state index contributed by atoms with van der Waals surface area (Å²) in [5, 5.41) is 3.60. The monoisotopic (exact) mass is 283 g/mol. The third-order valence-corrected chi connectivity index (χ3v) is 4.14. The number of hydrogen-bond acceptors (Lipinski definition) is 4. The second kappa shape index (κ2) is 4.88. The van der Waals surface area contributed by atoms with Gasteiger partial charge in [-0.15, -0.1) is 0 Å². The van der Waals surface area contributed by atoms with Gasteiger partial charge in [0.15, 0.2) is 11.5 Å². The van der Waals surface area contributed by atoms with Crippen molar-refractivity contribution >= 4 is 5.69 Å². The summed E-state index contributed by atoms with van der Waals surface area (Å²) in [5.41, 5.74) is 3.73. The van der Waals surface area contributed by atoms with Crippen LogP contribution in [0.4, 0.5) is 5.69 Å². The van der Waals surface area contributed by atoms with Crippen molar-refractivity contribution in [3.63, 3.8) is 0 Å². The summed E-state index contributed by atoms with van der Waals surface area (Å²) in [6, 6.07) is 12.7. The van der Waals surface area contributed by atoms with E-state index in [1.165, 1.54) is 16.8 Å². The van der Waals surface area contributed by atoms with Gasteiger partial charge >= 0.3 is 0 Å². The van der Waals surface area contributed by atoms with Crippen LogP contribution in [0.1, 0.15) is 23.6 Å². The Hall–Kier alpha value is -2.36. The van der Waals surface area contributed by atoms with Crippen molar-refractivity contribution in [3.8, 4) is 17.2 Å². The molecular formula is C17H17NO3. The van der Waals surface area contributed by atoms with Crippen LogP contribution in [0, 0.1) is 0 Å². The van der Waals surface area contributed by atoms with Gasteiger partial charge in [-0.1, -0.05) is 6.07 Å². The topological polar surface area (TPSA) is 39.7 Å². The molecule has 0 spiro atoms. The second-order valence-electron chi connectivity index (χ2n) is 5.37. The molecule has 4 rings (SSSR count). The Kier molecular flexibility index (Phi) is 2.88. The van der Waals surface area contributed by atoms with Gasteiger partial charge in [-0.25, -0.2) is 0 Å². The number of benzene rings is 2. The Morgan fingerprint density at radius 1 is 1.10 bits per heavy atom. The van der Waals surface area contributed by atoms with Crippen molar-refractivity contribution < 1.29 is 14.2 Å². The van der Waals surface area contributed by atoms with Crippen LogP contribution < -0.4 is 19.5 Å². The first-order valence-electron chi connectivity index (χ1n) is 7.16. The standard InChI is InChI=1S/C17H17NO3/c1-19-13-4-6-15-11(8-13)2-5-14(18-15)12-3-7-16-17(9-12)21-10-20-16/h3-4,6-9,14,18H,2,5,10H2,1H3. The van der Waals surface area contributed by atoms with E-state index in [-0.39, 0.29) is 0 Å². The Bertz CT molecular complexity index is 684. The number of methoxy groups -OCH3 is 1. The fourth-order valence-corrected chi connectivity index (χ4v) is 2.98. The zero-order chi connectivity index (χ0) is 14.2. The second-order valence-corrected chi connectivity index (χ2v) is 5.37. The quantitative estimate of drug-likeness (QED) is 0.915. The van der Waals surface area contributed by atoms with Gasteiger partial charge in [0.05, 0.1) is 13.2 Å². The number of hydrogen-bond donors (Lipinski definition) is 1. The van der Waals surface area contributed by atoms with Crippen LogP contribution in [0.15, 0.2) is 36.4 Å². The fourth-order valence-electron chi connectivity index (χ4n) is 2.98. The zero-order valence-electron chi connectivity index (χ0n) is 11.9. The van der Waals surface area contributed by atoms with Gasteiger partial charge in [0, 0.05) is 5.69 Å². The highest BCUT2D eigenvalue weighted by Gasteiger charge is 2.22. The van der Waals surface area contributed by atoms with Gasteiger partial charge in [0.25, 0.3) is 0 Å². The molecule has 21 heavy (non-hydrogen) atoms. The molecule has 0 saturated heterocycles. The normalized spacial score (nSPS) is 18.8. The molecule has 0 saturated carbocycles. The highest BCUT2D eigenvalue weighted by Crippen LogP contribution is 2.39. The van der Waals surface area contributed by atoms with Gasteiger partial charge in [0.2, 0.25) is 6.79 Å². The van der Waals surface area contributed by atoms with Crippen LogP contribution >= 0.6 is 0 Å². The minimum Gasteiger partial charge on any atom is -0.497 e. The van der Waals surface area contributed by atoms with Crippen molar-refractivity contribution in [3.05, 3.63) is 47.5 Å². The van der Waals surface area contributed by atoms with E-state index in [0.717, 1.165) is 30.1 Å². The lowest BCUT2D eigenvalue weighted by atomic mass is 9.93. The van der Waals surface area contributed by atoms with Gasteiger partial charge < -0.3 is 19.5 Å². The van der Waals surface area contributed by atoms with E-state index in [2.05, 4.69) is 29.6 Å². The summed E-state index contributed by atoms with van der Waals surface area (Å²) in [6.07, 6.45) is 2.10. The van der Waals surface area contributed by atoms with E-state index in [1.54, 1.807) is 7.11 Å². The maximum atomic E-state index is 5.46. The maximum absolute atomic E-state index is 5.46. The number of ether oxygens (including phenoxy) is 3. The number of anilines is 1. The molecule has 1 N–H and O–H groups in total. The van der Waals surface area contributed by atoms with E-state index in [0.29, 0.717) is 12.8 Å². The molecule has 108 valence electrons. The summed E-state index contributed by atoms with van der Waals surface area (Å²) >= 11 is 0. The molecule has 0 bridgehead atoms. The van der Waals surface area contributed by atoms with E-state index in [1.807, 2.05) is 12.1 Å². The molecule has 2 aromatic rings. The van der Waals surface area contributed by atoms with Crippen LogP contribution in [-0.2, 0) is 6.42 Å². The van der Waals surface area contributed by atoms with Crippen molar-refractivity contribution in [2.45, 2.75) is 18.9 Å². The molecular weight excluding hydrogens is 266 g/mol. The Labute approximate surface area is 123 Å². The highest BCUT2D eigenvalue weighted by atomic mass is 16.7. The first-order chi connectivity index (χ1) is 10.3. The smallest absolute Gasteiger partial charge is 0.231 e. The summed E-state index contributed by atoms with van der Waals surface area (Å²) < 4.78 is 16.1. The molecule has 2 aromatic carbocycles. The molecule has 0 radical (unpaired) electrons. The third kappa shape index (κ3) is 2.17. The maximum Gasteiger partial charge on any atom is 0.231 e. The predicted molar refractivity (Wildman–Crippen MR) is 80.2 cm³/mol. The lowest BCUT2D eigenvalue weighted by Gasteiger charge is -2.27. The van der Waals surface area contributed by atoms with E-state index < -0.39 is 0 Å². The molecule has 1 unspecified atom stereocenters. The molecule has 4 heteroatoms. The summed E-state index contributed by atoms with van der Waals surface area (Å²) in [7, 11) is 1.70. The van der Waals surface area contributed by atoms with Crippen molar-refractivity contribution in [1.82, 2.24) is 0 Å². The van der Waals surface area contributed by atoms with Crippen LogP contribution in [0.5, 0.6) is 17.2 Å². The molecule has 0 aliphatic carbocycles. The van der Waals surface area contributed by atoms with Crippen LogP contribution in [-0.4, -0.2) is 13.9 Å². The van der Waals surface area contributed by atoms with E-state index in [4.69, 9.17) is 14.2 Å².